The second-order valence-electron chi connectivity index (χ2n) is 6.39. The lowest BCUT2D eigenvalue weighted by Crippen LogP contribution is -2.31. The molecule has 150 valence electrons. The van der Waals surface area contributed by atoms with Gasteiger partial charge in [0.1, 0.15) is 0 Å². The Hall–Kier alpha value is -2.32. The number of carbonyl (C=O) groups excluding carboxylic acids is 3. The highest BCUT2D eigenvalue weighted by Crippen LogP contribution is 2.23. The molecule has 2 amide bonds. The Balaban J connectivity index is 1.88. The van der Waals surface area contributed by atoms with Crippen molar-refractivity contribution in [3.05, 3.63) is 52.2 Å². The maximum absolute atomic E-state index is 12.4. The predicted molar refractivity (Wildman–Crippen MR) is 112 cm³/mol. The molecule has 2 rings (SSSR count). The smallest absolute Gasteiger partial charge is 0.339 e. The summed E-state index contributed by atoms with van der Waals surface area (Å²) < 4.78 is 5.16. The molecule has 1 aromatic carbocycles. The van der Waals surface area contributed by atoms with E-state index in [-0.39, 0.29) is 36.3 Å². The molecular formula is C20H24N2O4S2. The number of rotatable bonds is 9. The molecule has 0 fully saturated rings. The van der Waals surface area contributed by atoms with Gasteiger partial charge in [0.05, 0.1) is 17.4 Å². The van der Waals surface area contributed by atoms with Crippen LogP contribution < -0.4 is 10.6 Å². The molecule has 2 aromatic rings. The third-order valence-corrected chi connectivity index (χ3v) is 5.73. The topological polar surface area (TPSA) is 84.5 Å². The molecular weight excluding hydrogens is 396 g/mol. The first-order valence-corrected chi connectivity index (χ1v) is 10.7. The zero-order valence-electron chi connectivity index (χ0n) is 16.1. The van der Waals surface area contributed by atoms with Crippen LogP contribution in [-0.2, 0) is 14.3 Å². The first-order valence-electron chi connectivity index (χ1n) is 8.88. The number of thiophene rings is 1. The van der Waals surface area contributed by atoms with Crippen molar-refractivity contribution in [1.82, 2.24) is 10.6 Å². The zero-order valence-corrected chi connectivity index (χ0v) is 17.7. The number of benzene rings is 1. The van der Waals surface area contributed by atoms with Gasteiger partial charge in [-0.25, -0.2) is 4.79 Å². The minimum Gasteiger partial charge on any atom is -0.452 e. The van der Waals surface area contributed by atoms with Crippen LogP contribution in [0.1, 0.15) is 42.0 Å². The molecule has 28 heavy (non-hydrogen) atoms. The van der Waals surface area contributed by atoms with Gasteiger partial charge in [0.15, 0.2) is 6.61 Å². The Morgan fingerprint density at radius 1 is 1.04 bits per heavy atom. The van der Waals surface area contributed by atoms with Crippen LogP contribution in [0.15, 0.2) is 46.7 Å². The van der Waals surface area contributed by atoms with Crippen molar-refractivity contribution in [3.8, 4) is 0 Å². The van der Waals surface area contributed by atoms with E-state index >= 15 is 0 Å². The van der Waals surface area contributed by atoms with E-state index in [1.165, 1.54) is 11.8 Å². The standard InChI is InChI=1S/C20H24N2O4S2/c1-13(2)21-19(24)12-28-17-8-5-4-7-15(17)20(25)26-11-18(23)22-14(3)16-9-6-10-27-16/h4-10,13-14H,11-12H2,1-3H3,(H,21,24)(H,22,23)/t14-/m1/s1. The van der Waals surface area contributed by atoms with Crippen LogP contribution in [0.5, 0.6) is 0 Å². The second-order valence-corrected chi connectivity index (χ2v) is 8.38. The quantitative estimate of drug-likeness (QED) is 0.480. The van der Waals surface area contributed by atoms with Crippen LogP contribution in [0.25, 0.3) is 0 Å². The number of carbonyl (C=O) groups is 3. The maximum atomic E-state index is 12.4. The number of nitrogens with one attached hydrogen (secondary N) is 2. The highest BCUT2D eigenvalue weighted by Gasteiger charge is 2.17. The fraction of sp³-hybridized carbons (Fsp3) is 0.350. The van der Waals surface area contributed by atoms with E-state index in [0.29, 0.717) is 10.5 Å². The number of thioether (sulfide) groups is 1. The molecule has 0 aliphatic heterocycles. The van der Waals surface area contributed by atoms with E-state index in [2.05, 4.69) is 10.6 Å². The van der Waals surface area contributed by atoms with E-state index in [9.17, 15) is 14.4 Å². The van der Waals surface area contributed by atoms with E-state index in [1.807, 2.05) is 38.3 Å². The molecule has 2 N–H and O–H groups in total. The van der Waals surface area contributed by atoms with Crippen molar-refractivity contribution in [3.63, 3.8) is 0 Å². The molecule has 0 saturated heterocycles. The molecule has 1 atom stereocenters. The van der Waals surface area contributed by atoms with Crippen LogP contribution >= 0.6 is 23.1 Å². The molecule has 0 aliphatic carbocycles. The molecule has 0 unspecified atom stereocenters. The molecule has 8 heteroatoms. The Bertz CT molecular complexity index is 806. The van der Waals surface area contributed by atoms with Gasteiger partial charge in [0.25, 0.3) is 5.91 Å². The SMILES string of the molecule is CC(C)NC(=O)CSc1ccccc1C(=O)OCC(=O)N[C@H](C)c1cccs1. The number of esters is 1. The number of hydrogen-bond acceptors (Lipinski definition) is 6. The Kier molecular flexibility index (Phi) is 8.53. The molecule has 0 bridgehead atoms. The molecule has 1 heterocycles. The van der Waals surface area contributed by atoms with Crippen molar-refractivity contribution in [2.75, 3.05) is 12.4 Å². The minimum absolute atomic E-state index is 0.0587. The summed E-state index contributed by atoms with van der Waals surface area (Å²) in [5, 5.41) is 7.54. The van der Waals surface area contributed by atoms with Crippen molar-refractivity contribution in [2.45, 2.75) is 37.8 Å². The van der Waals surface area contributed by atoms with Crippen LogP contribution in [0.4, 0.5) is 0 Å². The lowest BCUT2D eigenvalue weighted by atomic mass is 10.2. The summed E-state index contributed by atoms with van der Waals surface area (Å²) in [5.74, 6) is -0.867. The second kappa shape index (κ2) is 10.9. The van der Waals surface area contributed by atoms with E-state index < -0.39 is 5.97 Å². The maximum Gasteiger partial charge on any atom is 0.339 e. The third kappa shape index (κ3) is 7.01. The average molecular weight is 421 g/mol. The summed E-state index contributed by atoms with van der Waals surface area (Å²) in [6, 6.07) is 10.6. The summed E-state index contributed by atoms with van der Waals surface area (Å²) in [6.45, 7) is 5.29. The fourth-order valence-corrected chi connectivity index (χ4v) is 3.95. The van der Waals surface area contributed by atoms with Gasteiger partial charge < -0.3 is 15.4 Å². The highest BCUT2D eigenvalue weighted by atomic mass is 32.2. The first-order chi connectivity index (χ1) is 13.4. The largest absolute Gasteiger partial charge is 0.452 e. The van der Waals surface area contributed by atoms with Crippen molar-refractivity contribution in [1.29, 1.82) is 0 Å². The van der Waals surface area contributed by atoms with Gasteiger partial charge in [-0.1, -0.05) is 18.2 Å². The molecule has 0 aliphatic rings. The van der Waals surface area contributed by atoms with E-state index in [0.717, 1.165) is 4.88 Å². The molecule has 0 spiro atoms. The number of ether oxygens (including phenoxy) is 1. The zero-order chi connectivity index (χ0) is 20.5. The average Bonchev–Trinajstić information content (AvgIpc) is 3.19. The van der Waals surface area contributed by atoms with Gasteiger partial charge in [-0.2, -0.15) is 0 Å². The van der Waals surface area contributed by atoms with Crippen LogP contribution in [0.3, 0.4) is 0 Å². The van der Waals surface area contributed by atoms with Crippen molar-refractivity contribution < 1.29 is 19.1 Å². The molecule has 6 nitrogen and oxygen atoms in total. The molecule has 1 aromatic heterocycles. The van der Waals surface area contributed by atoms with Gasteiger partial charge in [0, 0.05) is 15.8 Å². The van der Waals surface area contributed by atoms with Crippen LogP contribution in [0.2, 0.25) is 0 Å². The Labute approximate surface area is 173 Å². The summed E-state index contributed by atoms with van der Waals surface area (Å²) in [7, 11) is 0. The van der Waals surface area contributed by atoms with Gasteiger partial charge in [0.2, 0.25) is 5.91 Å². The van der Waals surface area contributed by atoms with E-state index in [4.69, 9.17) is 4.74 Å². The van der Waals surface area contributed by atoms with Gasteiger partial charge >= 0.3 is 5.97 Å². The van der Waals surface area contributed by atoms with Crippen LogP contribution in [-0.4, -0.2) is 36.2 Å². The summed E-state index contributed by atoms with van der Waals surface area (Å²) in [6.07, 6.45) is 0. The molecule has 0 radical (unpaired) electrons. The van der Waals surface area contributed by atoms with Gasteiger partial charge in [-0.05, 0) is 44.4 Å². The summed E-state index contributed by atoms with van der Waals surface area (Å²) in [4.78, 5) is 37.9. The van der Waals surface area contributed by atoms with Crippen molar-refractivity contribution >= 4 is 40.9 Å². The number of hydrogen-bond donors (Lipinski definition) is 2. The number of amides is 2. The Morgan fingerprint density at radius 2 is 1.79 bits per heavy atom. The monoisotopic (exact) mass is 420 g/mol. The van der Waals surface area contributed by atoms with Gasteiger partial charge in [-0.15, -0.1) is 23.1 Å². The van der Waals surface area contributed by atoms with Gasteiger partial charge in [-0.3, -0.25) is 9.59 Å². The highest BCUT2D eigenvalue weighted by molar-refractivity contribution is 8.00. The van der Waals surface area contributed by atoms with Crippen LogP contribution in [0, 0.1) is 0 Å². The lowest BCUT2D eigenvalue weighted by molar-refractivity contribution is -0.124. The predicted octanol–water partition coefficient (Wildman–Crippen LogP) is 3.40. The summed E-state index contributed by atoms with van der Waals surface area (Å²) >= 11 is 2.81. The fourth-order valence-electron chi connectivity index (χ4n) is 2.37. The minimum atomic E-state index is -0.591. The normalized spacial score (nSPS) is 11.7. The van der Waals surface area contributed by atoms with E-state index in [1.54, 1.807) is 35.6 Å². The lowest BCUT2D eigenvalue weighted by Gasteiger charge is -2.13. The first kappa shape index (κ1) is 22.0. The van der Waals surface area contributed by atoms with Crippen molar-refractivity contribution in [2.24, 2.45) is 0 Å². The summed E-state index contributed by atoms with van der Waals surface area (Å²) in [5.41, 5.74) is 0.337. The Morgan fingerprint density at radius 3 is 2.46 bits per heavy atom. The third-order valence-electron chi connectivity index (χ3n) is 3.60. The molecule has 0 saturated carbocycles.